The maximum atomic E-state index is 12.4. The Bertz CT molecular complexity index is 531. The first-order valence-corrected chi connectivity index (χ1v) is 9.70. The molecule has 1 heterocycles. The minimum atomic E-state index is -0.198. The molecule has 2 fully saturated rings. The van der Waals surface area contributed by atoms with Crippen molar-refractivity contribution in [2.45, 2.75) is 50.7 Å². The molecule has 3 N–H and O–H groups in total. The monoisotopic (exact) mass is 345 g/mol. The van der Waals surface area contributed by atoms with Gasteiger partial charge in [-0.1, -0.05) is 36.8 Å². The smallest absolute Gasteiger partial charge is 0.315 e. The van der Waals surface area contributed by atoms with Gasteiger partial charge in [0.15, 0.2) is 0 Å². The van der Waals surface area contributed by atoms with Crippen molar-refractivity contribution in [1.29, 1.82) is 0 Å². The van der Waals surface area contributed by atoms with Gasteiger partial charge in [0.05, 0.1) is 12.1 Å². The van der Waals surface area contributed by atoms with Crippen LogP contribution < -0.4 is 10.6 Å². The molecule has 0 aromatic heterocycles. The number of hydrogen-bond donors (Lipinski definition) is 3. The van der Waals surface area contributed by atoms with E-state index in [9.17, 15) is 9.90 Å². The van der Waals surface area contributed by atoms with E-state index in [-0.39, 0.29) is 18.2 Å². The van der Waals surface area contributed by atoms with Gasteiger partial charge >= 0.3 is 6.03 Å². The highest BCUT2D eigenvalue weighted by molar-refractivity contribution is 5.74. The van der Waals surface area contributed by atoms with Crippen molar-refractivity contribution in [3.63, 3.8) is 0 Å². The Morgan fingerprint density at radius 1 is 1.16 bits per heavy atom. The summed E-state index contributed by atoms with van der Waals surface area (Å²) < 4.78 is 0. The lowest BCUT2D eigenvalue weighted by molar-refractivity contribution is 0.101. The average molecular weight is 345 g/mol. The number of urea groups is 1. The van der Waals surface area contributed by atoms with Crippen LogP contribution in [0.1, 0.15) is 50.1 Å². The zero-order valence-electron chi connectivity index (χ0n) is 15.0. The molecule has 1 saturated carbocycles. The van der Waals surface area contributed by atoms with Gasteiger partial charge in [-0.2, -0.15) is 0 Å². The molecule has 2 aliphatic rings. The van der Waals surface area contributed by atoms with Gasteiger partial charge in [0, 0.05) is 13.1 Å². The normalized spacial score (nSPS) is 25.5. The van der Waals surface area contributed by atoms with Crippen LogP contribution >= 0.6 is 0 Å². The van der Waals surface area contributed by atoms with E-state index in [1.165, 1.54) is 12.8 Å². The van der Waals surface area contributed by atoms with Crippen molar-refractivity contribution in [3.05, 3.63) is 35.9 Å². The summed E-state index contributed by atoms with van der Waals surface area (Å²) >= 11 is 0. The van der Waals surface area contributed by atoms with Gasteiger partial charge in [-0.25, -0.2) is 4.79 Å². The molecular weight excluding hydrogens is 314 g/mol. The number of hydrogen-bond acceptors (Lipinski definition) is 3. The van der Waals surface area contributed by atoms with Gasteiger partial charge in [-0.3, -0.25) is 0 Å². The van der Waals surface area contributed by atoms with Crippen LogP contribution in [0.25, 0.3) is 0 Å². The van der Waals surface area contributed by atoms with Crippen LogP contribution in [0.5, 0.6) is 0 Å². The van der Waals surface area contributed by atoms with Gasteiger partial charge in [0.2, 0.25) is 0 Å². The molecule has 1 aromatic carbocycles. The minimum Gasteiger partial charge on any atom is -0.393 e. The van der Waals surface area contributed by atoms with Crippen LogP contribution in [0.15, 0.2) is 30.3 Å². The van der Waals surface area contributed by atoms with Crippen LogP contribution in [0.2, 0.25) is 0 Å². The third-order valence-electron chi connectivity index (χ3n) is 5.45. The summed E-state index contributed by atoms with van der Waals surface area (Å²) in [6.07, 6.45) is 6.14. The van der Waals surface area contributed by atoms with Gasteiger partial charge in [-0.05, 0) is 56.7 Å². The van der Waals surface area contributed by atoms with Gasteiger partial charge in [0.25, 0.3) is 0 Å². The van der Waals surface area contributed by atoms with E-state index in [0.29, 0.717) is 12.5 Å². The number of rotatable bonds is 6. The first-order valence-electron chi connectivity index (χ1n) is 9.70. The van der Waals surface area contributed by atoms with E-state index in [2.05, 4.69) is 27.7 Å². The number of amides is 2. The molecule has 3 rings (SSSR count). The second-order valence-electron chi connectivity index (χ2n) is 7.51. The number of aliphatic hydroxyl groups excluding tert-OH is 1. The van der Waals surface area contributed by atoms with E-state index >= 15 is 0 Å². The summed E-state index contributed by atoms with van der Waals surface area (Å²) in [4.78, 5) is 14.8. The topological polar surface area (TPSA) is 64.6 Å². The lowest BCUT2D eigenvalue weighted by atomic mass is 9.87. The molecular formula is C20H31N3O2. The van der Waals surface area contributed by atoms with Crippen molar-refractivity contribution in [2.24, 2.45) is 5.92 Å². The van der Waals surface area contributed by atoms with Crippen LogP contribution in [-0.2, 0) is 0 Å². The Kier molecular flexibility index (Phi) is 6.70. The molecule has 3 atom stereocenters. The van der Waals surface area contributed by atoms with Gasteiger partial charge in [0.1, 0.15) is 0 Å². The van der Waals surface area contributed by atoms with Gasteiger partial charge < -0.3 is 20.6 Å². The standard InChI is InChI=1S/C20H31N3O2/c24-18-10-6-7-16(13-18)14-21-20(25)22-19(15-23-11-4-5-12-23)17-8-2-1-3-9-17/h1-3,8-9,16,18-19,24H,4-7,10-15H2,(H2,21,22,25). The molecule has 1 aliphatic carbocycles. The quantitative estimate of drug-likeness (QED) is 0.743. The number of nitrogens with one attached hydrogen (secondary N) is 2. The summed E-state index contributed by atoms with van der Waals surface area (Å²) in [6.45, 7) is 3.74. The second-order valence-corrected chi connectivity index (χ2v) is 7.51. The first-order chi connectivity index (χ1) is 12.2. The minimum absolute atomic E-state index is 0.0104. The fraction of sp³-hybridized carbons (Fsp3) is 0.650. The maximum Gasteiger partial charge on any atom is 0.315 e. The molecule has 0 bridgehead atoms. The van der Waals surface area contributed by atoms with Crippen LogP contribution in [0.4, 0.5) is 4.79 Å². The second kappa shape index (κ2) is 9.20. The maximum absolute atomic E-state index is 12.4. The predicted octanol–water partition coefficient (Wildman–Crippen LogP) is 2.67. The van der Waals surface area contributed by atoms with E-state index < -0.39 is 0 Å². The zero-order chi connectivity index (χ0) is 17.5. The number of carbonyl (C=O) groups excluding carboxylic acids is 1. The molecule has 1 saturated heterocycles. The lowest BCUT2D eigenvalue weighted by Gasteiger charge is -2.27. The fourth-order valence-corrected chi connectivity index (χ4v) is 4.04. The van der Waals surface area contributed by atoms with Crippen molar-refractivity contribution in [1.82, 2.24) is 15.5 Å². The summed E-state index contributed by atoms with van der Waals surface area (Å²) in [5.74, 6) is 0.392. The van der Waals surface area contributed by atoms with E-state index in [4.69, 9.17) is 0 Å². The third kappa shape index (κ3) is 5.72. The molecule has 0 radical (unpaired) electrons. The average Bonchev–Trinajstić information content (AvgIpc) is 3.13. The highest BCUT2D eigenvalue weighted by atomic mass is 16.3. The Balaban J connectivity index is 1.52. The molecule has 0 spiro atoms. The molecule has 1 aliphatic heterocycles. The van der Waals surface area contributed by atoms with Crippen molar-refractivity contribution in [3.8, 4) is 0 Å². The third-order valence-corrected chi connectivity index (χ3v) is 5.45. The van der Waals surface area contributed by atoms with E-state index in [0.717, 1.165) is 50.9 Å². The highest BCUT2D eigenvalue weighted by Crippen LogP contribution is 2.23. The van der Waals surface area contributed by atoms with Crippen LogP contribution in [0.3, 0.4) is 0 Å². The van der Waals surface area contributed by atoms with Crippen LogP contribution in [0, 0.1) is 5.92 Å². The predicted molar refractivity (Wildman–Crippen MR) is 99.4 cm³/mol. The number of aliphatic hydroxyl groups is 1. The summed E-state index contributed by atoms with van der Waals surface area (Å²) in [5, 5.41) is 15.9. The highest BCUT2D eigenvalue weighted by Gasteiger charge is 2.23. The number of carbonyl (C=O) groups is 1. The molecule has 2 amide bonds. The Labute approximate surface area is 150 Å². The zero-order valence-corrected chi connectivity index (χ0v) is 15.0. The first kappa shape index (κ1) is 18.2. The lowest BCUT2D eigenvalue weighted by Crippen LogP contribution is -2.44. The van der Waals surface area contributed by atoms with Gasteiger partial charge in [-0.15, -0.1) is 0 Å². The summed E-state index contributed by atoms with van der Waals surface area (Å²) in [7, 11) is 0. The summed E-state index contributed by atoms with van der Waals surface area (Å²) in [5.41, 5.74) is 1.15. The molecule has 25 heavy (non-hydrogen) atoms. The summed E-state index contributed by atoms with van der Waals surface area (Å²) in [6, 6.07) is 10.1. The van der Waals surface area contributed by atoms with Crippen molar-refractivity contribution >= 4 is 6.03 Å². The van der Waals surface area contributed by atoms with E-state index in [1.807, 2.05) is 18.2 Å². The molecule has 1 aromatic rings. The largest absolute Gasteiger partial charge is 0.393 e. The SMILES string of the molecule is O=C(NCC1CCCC(O)C1)NC(CN1CCCC1)c1ccccc1. The molecule has 3 unspecified atom stereocenters. The number of nitrogens with zero attached hydrogens (tertiary/aromatic N) is 1. The molecule has 138 valence electrons. The van der Waals surface area contributed by atoms with E-state index in [1.54, 1.807) is 0 Å². The van der Waals surface area contributed by atoms with Crippen molar-refractivity contribution < 1.29 is 9.90 Å². The van der Waals surface area contributed by atoms with Crippen LogP contribution in [-0.4, -0.2) is 48.3 Å². The Morgan fingerprint density at radius 3 is 2.64 bits per heavy atom. The Hall–Kier alpha value is -1.59. The fourth-order valence-electron chi connectivity index (χ4n) is 4.04. The Morgan fingerprint density at radius 2 is 1.92 bits per heavy atom. The van der Waals surface area contributed by atoms with Crippen molar-refractivity contribution in [2.75, 3.05) is 26.2 Å². The molecule has 5 heteroatoms. The number of benzene rings is 1. The molecule has 5 nitrogen and oxygen atoms in total. The number of likely N-dealkylation sites (tertiary alicyclic amines) is 1.